The van der Waals surface area contributed by atoms with Crippen LogP contribution < -0.4 is 0 Å². The zero-order valence-corrected chi connectivity index (χ0v) is 9.78. The van der Waals surface area contributed by atoms with Gasteiger partial charge in [0.15, 0.2) is 0 Å². The van der Waals surface area contributed by atoms with E-state index in [4.69, 9.17) is 0 Å². The Labute approximate surface area is 87.3 Å². The molecule has 0 N–H and O–H groups in total. The predicted octanol–water partition coefficient (Wildman–Crippen LogP) is 4.18. The fourth-order valence-electron chi connectivity index (χ4n) is 1.24. The van der Waals surface area contributed by atoms with Gasteiger partial charge in [0.25, 0.3) is 0 Å². The molecule has 0 aliphatic rings. The van der Waals surface area contributed by atoms with Gasteiger partial charge in [-0.3, -0.25) is 0 Å². The van der Waals surface area contributed by atoms with Crippen molar-refractivity contribution in [2.75, 3.05) is 0 Å². The Hall–Kier alpha value is -0.370. The summed E-state index contributed by atoms with van der Waals surface area (Å²) in [6, 6.07) is 4.86. The van der Waals surface area contributed by atoms with Gasteiger partial charge in [-0.2, -0.15) is 0 Å². The summed E-state index contributed by atoms with van der Waals surface area (Å²) in [4.78, 5) is 0. The second-order valence-corrected chi connectivity index (χ2v) is 5.33. The fourth-order valence-corrected chi connectivity index (χ4v) is 1.73. The molecule has 0 saturated heterocycles. The third-order valence-electron chi connectivity index (χ3n) is 1.74. The molecule has 0 aliphatic carbocycles. The quantitative estimate of drug-likeness (QED) is 0.696. The first-order valence-electron chi connectivity index (χ1n) is 4.32. The van der Waals surface area contributed by atoms with Gasteiger partial charge in [0, 0.05) is 4.47 Å². The molecule has 1 aromatic rings. The SMILES string of the molecule is CC(C)(C)Cc1ccc(F)cc1Br. The Morgan fingerprint density at radius 2 is 1.92 bits per heavy atom. The van der Waals surface area contributed by atoms with E-state index in [-0.39, 0.29) is 11.2 Å². The summed E-state index contributed by atoms with van der Waals surface area (Å²) < 4.78 is 13.6. The molecular weight excluding hydrogens is 231 g/mol. The maximum absolute atomic E-state index is 12.8. The molecule has 1 aromatic carbocycles. The molecule has 0 radical (unpaired) electrons. The largest absolute Gasteiger partial charge is 0.207 e. The van der Waals surface area contributed by atoms with Gasteiger partial charge in [0.2, 0.25) is 0 Å². The number of halogens is 2. The molecule has 72 valence electrons. The second-order valence-electron chi connectivity index (χ2n) is 4.47. The molecule has 0 fully saturated rings. The minimum atomic E-state index is -0.190. The van der Waals surface area contributed by atoms with E-state index in [0.717, 1.165) is 16.5 Å². The molecule has 13 heavy (non-hydrogen) atoms. The van der Waals surface area contributed by atoms with Gasteiger partial charge >= 0.3 is 0 Å². The van der Waals surface area contributed by atoms with Crippen molar-refractivity contribution >= 4 is 15.9 Å². The summed E-state index contributed by atoms with van der Waals surface area (Å²) in [6.07, 6.45) is 0.952. The molecule has 0 unspecified atom stereocenters. The Morgan fingerprint density at radius 1 is 1.31 bits per heavy atom. The molecule has 0 amide bonds. The van der Waals surface area contributed by atoms with Crippen molar-refractivity contribution in [1.29, 1.82) is 0 Å². The lowest BCUT2D eigenvalue weighted by Gasteiger charge is -2.18. The lowest BCUT2D eigenvalue weighted by atomic mass is 9.88. The van der Waals surface area contributed by atoms with E-state index in [9.17, 15) is 4.39 Å². The van der Waals surface area contributed by atoms with Gasteiger partial charge in [-0.15, -0.1) is 0 Å². The number of rotatable bonds is 1. The monoisotopic (exact) mass is 244 g/mol. The first-order valence-corrected chi connectivity index (χ1v) is 5.12. The minimum absolute atomic E-state index is 0.190. The van der Waals surface area contributed by atoms with Crippen LogP contribution in [0.1, 0.15) is 26.3 Å². The van der Waals surface area contributed by atoms with Crippen molar-refractivity contribution in [1.82, 2.24) is 0 Å². The van der Waals surface area contributed by atoms with E-state index in [1.54, 1.807) is 0 Å². The molecule has 0 bridgehead atoms. The van der Waals surface area contributed by atoms with Crippen LogP contribution >= 0.6 is 15.9 Å². The standard InChI is InChI=1S/C11H14BrF/c1-11(2,3)7-8-4-5-9(13)6-10(8)12/h4-6H,7H2,1-3H3. The molecule has 0 saturated carbocycles. The number of benzene rings is 1. The maximum atomic E-state index is 12.8. The van der Waals surface area contributed by atoms with Crippen molar-refractivity contribution in [2.24, 2.45) is 5.41 Å². The van der Waals surface area contributed by atoms with Gasteiger partial charge in [0.05, 0.1) is 0 Å². The van der Waals surface area contributed by atoms with Crippen LogP contribution in [0.4, 0.5) is 4.39 Å². The van der Waals surface area contributed by atoms with Crippen molar-refractivity contribution in [3.05, 3.63) is 34.1 Å². The number of hydrogen-bond acceptors (Lipinski definition) is 0. The highest BCUT2D eigenvalue weighted by Crippen LogP contribution is 2.26. The van der Waals surface area contributed by atoms with Gasteiger partial charge in [0.1, 0.15) is 5.82 Å². The zero-order chi connectivity index (χ0) is 10.1. The predicted molar refractivity (Wildman–Crippen MR) is 57.3 cm³/mol. The summed E-state index contributed by atoms with van der Waals surface area (Å²) >= 11 is 3.36. The molecule has 0 aromatic heterocycles. The van der Waals surface area contributed by atoms with Crippen LogP contribution in [0, 0.1) is 11.2 Å². The van der Waals surface area contributed by atoms with Crippen LogP contribution in [-0.2, 0) is 6.42 Å². The Kier molecular flexibility index (Phi) is 3.12. The lowest BCUT2D eigenvalue weighted by molar-refractivity contribution is 0.410. The maximum Gasteiger partial charge on any atom is 0.124 e. The molecule has 0 spiro atoms. The molecular formula is C11H14BrF. The van der Waals surface area contributed by atoms with Crippen molar-refractivity contribution in [2.45, 2.75) is 27.2 Å². The fraction of sp³-hybridized carbons (Fsp3) is 0.455. The first kappa shape index (κ1) is 10.7. The van der Waals surface area contributed by atoms with Gasteiger partial charge in [-0.25, -0.2) is 4.39 Å². The van der Waals surface area contributed by atoms with Crippen LogP contribution in [0.2, 0.25) is 0 Å². The average Bonchev–Trinajstić information content (AvgIpc) is 1.93. The Morgan fingerprint density at radius 3 is 2.38 bits per heavy atom. The zero-order valence-electron chi connectivity index (χ0n) is 8.20. The minimum Gasteiger partial charge on any atom is -0.207 e. The van der Waals surface area contributed by atoms with Crippen molar-refractivity contribution < 1.29 is 4.39 Å². The van der Waals surface area contributed by atoms with Gasteiger partial charge < -0.3 is 0 Å². The van der Waals surface area contributed by atoms with Crippen LogP contribution in [0.25, 0.3) is 0 Å². The van der Waals surface area contributed by atoms with Gasteiger partial charge in [-0.05, 0) is 29.5 Å². The summed E-state index contributed by atoms with van der Waals surface area (Å²) in [5, 5.41) is 0. The van der Waals surface area contributed by atoms with E-state index in [2.05, 4.69) is 36.7 Å². The molecule has 2 heteroatoms. The third-order valence-corrected chi connectivity index (χ3v) is 2.47. The van der Waals surface area contributed by atoms with E-state index in [1.807, 2.05) is 6.07 Å². The van der Waals surface area contributed by atoms with Crippen LogP contribution in [0.5, 0.6) is 0 Å². The lowest BCUT2D eigenvalue weighted by Crippen LogP contribution is -2.09. The Bertz CT molecular complexity index is 299. The van der Waals surface area contributed by atoms with E-state index < -0.39 is 0 Å². The van der Waals surface area contributed by atoms with Crippen LogP contribution in [0.3, 0.4) is 0 Å². The molecule has 0 atom stereocenters. The average molecular weight is 245 g/mol. The number of hydrogen-bond donors (Lipinski definition) is 0. The molecule has 1 rings (SSSR count). The smallest absolute Gasteiger partial charge is 0.124 e. The summed E-state index contributed by atoms with van der Waals surface area (Å²) in [5.74, 6) is -0.190. The van der Waals surface area contributed by atoms with Crippen LogP contribution in [-0.4, -0.2) is 0 Å². The van der Waals surface area contributed by atoms with Crippen molar-refractivity contribution in [3.63, 3.8) is 0 Å². The third kappa shape index (κ3) is 3.47. The first-order chi connectivity index (χ1) is 5.88. The van der Waals surface area contributed by atoms with E-state index in [1.165, 1.54) is 12.1 Å². The summed E-state index contributed by atoms with van der Waals surface area (Å²) in [6.45, 7) is 6.51. The molecule has 0 aliphatic heterocycles. The highest BCUT2D eigenvalue weighted by molar-refractivity contribution is 9.10. The second kappa shape index (κ2) is 3.79. The summed E-state index contributed by atoms with van der Waals surface area (Å²) in [7, 11) is 0. The molecule has 0 heterocycles. The topological polar surface area (TPSA) is 0 Å². The van der Waals surface area contributed by atoms with Crippen molar-refractivity contribution in [3.8, 4) is 0 Å². The van der Waals surface area contributed by atoms with E-state index in [0.29, 0.717) is 0 Å². The Balaban J connectivity index is 2.90. The highest BCUT2D eigenvalue weighted by atomic mass is 79.9. The normalized spacial score (nSPS) is 11.8. The summed E-state index contributed by atoms with van der Waals surface area (Å²) in [5.41, 5.74) is 1.40. The van der Waals surface area contributed by atoms with Crippen LogP contribution in [0.15, 0.2) is 22.7 Å². The van der Waals surface area contributed by atoms with Gasteiger partial charge in [-0.1, -0.05) is 42.8 Å². The molecule has 0 nitrogen and oxygen atoms in total. The highest BCUT2D eigenvalue weighted by Gasteiger charge is 2.13. The van der Waals surface area contributed by atoms with E-state index >= 15 is 0 Å².